The summed E-state index contributed by atoms with van der Waals surface area (Å²) in [6.45, 7) is 3.92. The summed E-state index contributed by atoms with van der Waals surface area (Å²) in [7, 11) is 1.64. The highest BCUT2D eigenvalue weighted by molar-refractivity contribution is 5.37. The van der Waals surface area contributed by atoms with Gasteiger partial charge in [-0.25, -0.2) is 0 Å². The summed E-state index contributed by atoms with van der Waals surface area (Å²) in [6.07, 6.45) is 1.86. The molecule has 0 radical (unpaired) electrons. The molecule has 0 saturated carbocycles. The molecule has 0 saturated heterocycles. The first-order valence-corrected chi connectivity index (χ1v) is 4.93. The Labute approximate surface area is 90.8 Å². The van der Waals surface area contributed by atoms with Gasteiger partial charge in [0.25, 0.3) is 0 Å². The predicted molar refractivity (Wildman–Crippen MR) is 60.8 cm³/mol. The van der Waals surface area contributed by atoms with E-state index in [1.165, 1.54) is 0 Å². The largest absolute Gasteiger partial charge is 0.497 e. The van der Waals surface area contributed by atoms with Gasteiger partial charge in [-0.05, 0) is 24.6 Å². The Bertz CT molecular complexity index is 384. The van der Waals surface area contributed by atoms with Crippen LogP contribution in [0.3, 0.4) is 0 Å². The predicted octanol–water partition coefficient (Wildman–Crippen LogP) is 3.27. The molecule has 0 aliphatic carbocycles. The minimum Gasteiger partial charge on any atom is -0.497 e. The molecule has 78 valence electrons. The summed E-state index contributed by atoms with van der Waals surface area (Å²) >= 11 is 0. The van der Waals surface area contributed by atoms with Gasteiger partial charge < -0.3 is 4.74 Å². The van der Waals surface area contributed by atoms with Crippen molar-refractivity contribution in [3.05, 3.63) is 41.5 Å². The fraction of sp³-hybridized carbons (Fsp3) is 0.308. The van der Waals surface area contributed by atoms with Crippen molar-refractivity contribution in [2.24, 2.45) is 0 Å². The van der Waals surface area contributed by atoms with Crippen LogP contribution < -0.4 is 4.74 Å². The van der Waals surface area contributed by atoms with E-state index in [1.807, 2.05) is 44.2 Å². The van der Waals surface area contributed by atoms with Crippen LogP contribution >= 0.6 is 0 Å². The smallest absolute Gasteiger partial charge is 0.118 e. The molecule has 15 heavy (non-hydrogen) atoms. The van der Waals surface area contributed by atoms with Crippen molar-refractivity contribution in [2.45, 2.75) is 19.8 Å². The van der Waals surface area contributed by atoms with Crippen molar-refractivity contribution in [1.29, 1.82) is 5.26 Å². The normalized spacial score (nSPS) is 13.1. The quantitative estimate of drug-likeness (QED) is 0.703. The van der Waals surface area contributed by atoms with Gasteiger partial charge in [-0.15, -0.1) is 0 Å². The van der Waals surface area contributed by atoms with Gasteiger partial charge in [0, 0.05) is 11.5 Å². The topological polar surface area (TPSA) is 33.0 Å². The molecule has 0 heterocycles. The number of allylic oxidation sites excluding steroid dienone is 2. The van der Waals surface area contributed by atoms with E-state index >= 15 is 0 Å². The van der Waals surface area contributed by atoms with Gasteiger partial charge in [-0.3, -0.25) is 0 Å². The van der Waals surface area contributed by atoms with Crippen LogP contribution in [0.1, 0.15) is 25.3 Å². The zero-order chi connectivity index (χ0) is 11.3. The fourth-order valence-electron chi connectivity index (χ4n) is 1.48. The van der Waals surface area contributed by atoms with Crippen LogP contribution in [0.2, 0.25) is 0 Å². The molecular formula is C13H15NO. The third-order valence-electron chi connectivity index (χ3n) is 2.52. The first-order chi connectivity index (χ1) is 7.22. The number of hydrogen-bond acceptors (Lipinski definition) is 2. The molecular weight excluding hydrogens is 186 g/mol. The van der Waals surface area contributed by atoms with E-state index in [4.69, 9.17) is 10.00 Å². The lowest BCUT2D eigenvalue weighted by Crippen LogP contribution is -1.96. The summed E-state index contributed by atoms with van der Waals surface area (Å²) in [5, 5.41) is 8.92. The molecule has 0 spiro atoms. The standard InChI is InChI=1S/C13H15NO/c1-4-11(9-14)10(2)12-5-7-13(15-3)8-6-12/h4-8,10H,1-3H3. The Kier molecular flexibility index (Phi) is 3.93. The Hall–Kier alpha value is -1.75. The molecule has 1 aromatic carbocycles. The number of nitriles is 1. The van der Waals surface area contributed by atoms with E-state index in [2.05, 4.69) is 6.07 Å². The number of ether oxygens (including phenoxy) is 1. The van der Waals surface area contributed by atoms with Crippen molar-refractivity contribution in [3.8, 4) is 11.8 Å². The van der Waals surface area contributed by atoms with Gasteiger partial charge in [0.1, 0.15) is 5.75 Å². The van der Waals surface area contributed by atoms with Crippen LogP contribution in [0.5, 0.6) is 5.75 Å². The number of benzene rings is 1. The number of nitrogens with zero attached hydrogens (tertiary/aromatic N) is 1. The molecule has 0 aliphatic heterocycles. The molecule has 2 nitrogen and oxygen atoms in total. The van der Waals surface area contributed by atoms with Crippen LogP contribution in [-0.2, 0) is 0 Å². The first-order valence-electron chi connectivity index (χ1n) is 4.93. The highest BCUT2D eigenvalue weighted by Gasteiger charge is 2.09. The Balaban J connectivity index is 2.93. The molecule has 1 rings (SSSR count). The van der Waals surface area contributed by atoms with Gasteiger partial charge >= 0.3 is 0 Å². The molecule has 0 fully saturated rings. The SMILES string of the molecule is CC=C(C#N)C(C)c1ccc(OC)cc1. The van der Waals surface area contributed by atoms with Crippen LogP contribution in [0.25, 0.3) is 0 Å². The van der Waals surface area contributed by atoms with E-state index in [1.54, 1.807) is 7.11 Å². The summed E-state index contributed by atoms with van der Waals surface area (Å²) in [5.74, 6) is 0.982. The highest BCUT2D eigenvalue weighted by atomic mass is 16.5. The minimum absolute atomic E-state index is 0.144. The summed E-state index contributed by atoms with van der Waals surface area (Å²) < 4.78 is 5.08. The first kappa shape index (κ1) is 11.3. The summed E-state index contributed by atoms with van der Waals surface area (Å²) in [4.78, 5) is 0. The lowest BCUT2D eigenvalue weighted by atomic mass is 9.93. The van der Waals surface area contributed by atoms with Crippen molar-refractivity contribution < 1.29 is 4.74 Å². The van der Waals surface area contributed by atoms with Crippen LogP contribution in [-0.4, -0.2) is 7.11 Å². The van der Waals surface area contributed by atoms with E-state index in [0.29, 0.717) is 0 Å². The second-order valence-electron chi connectivity index (χ2n) is 3.35. The molecule has 0 amide bonds. The molecule has 1 unspecified atom stereocenters. The number of rotatable bonds is 3. The second kappa shape index (κ2) is 5.21. The van der Waals surface area contributed by atoms with Gasteiger partial charge in [0.2, 0.25) is 0 Å². The zero-order valence-corrected chi connectivity index (χ0v) is 9.32. The Morgan fingerprint density at radius 1 is 1.40 bits per heavy atom. The number of methoxy groups -OCH3 is 1. The third kappa shape index (κ3) is 2.60. The monoisotopic (exact) mass is 201 g/mol. The number of hydrogen-bond donors (Lipinski definition) is 0. The van der Waals surface area contributed by atoms with Crippen LogP contribution in [0, 0.1) is 11.3 Å². The molecule has 2 heteroatoms. The maximum Gasteiger partial charge on any atom is 0.118 e. The fourth-order valence-corrected chi connectivity index (χ4v) is 1.48. The second-order valence-corrected chi connectivity index (χ2v) is 3.35. The molecule has 0 aliphatic rings. The third-order valence-corrected chi connectivity index (χ3v) is 2.52. The van der Waals surface area contributed by atoms with E-state index in [-0.39, 0.29) is 5.92 Å². The van der Waals surface area contributed by atoms with Crippen LogP contribution in [0.4, 0.5) is 0 Å². The molecule has 0 aromatic heterocycles. The maximum atomic E-state index is 8.92. The van der Waals surface area contributed by atoms with Crippen molar-refractivity contribution in [3.63, 3.8) is 0 Å². The lowest BCUT2D eigenvalue weighted by Gasteiger charge is -2.10. The van der Waals surface area contributed by atoms with Gasteiger partial charge in [-0.1, -0.05) is 25.1 Å². The van der Waals surface area contributed by atoms with Gasteiger partial charge in [0.05, 0.1) is 13.2 Å². The summed E-state index contributed by atoms with van der Waals surface area (Å²) in [6, 6.07) is 10.0. The molecule has 1 aromatic rings. The van der Waals surface area contributed by atoms with E-state index in [0.717, 1.165) is 16.9 Å². The average Bonchev–Trinajstić information content (AvgIpc) is 2.30. The zero-order valence-electron chi connectivity index (χ0n) is 9.32. The van der Waals surface area contributed by atoms with E-state index < -0.39 is 0 Å². The van der Waals surface area contributed by atoms with Crippen molar-refractivity contribution in [2.75, 3.05) is 7.11 Å². The van der Waals surface area contributed by atoms with Gasteiger partial charge in [0.15, 0.2) is 0 Å². The van der Waals surface area contributed by atoms with E-state index in [9.17, 15) is 0 Å². The van der Waals surface area contributed by atoms with Crippen molar-refractivity contribution >= 4 is 0 Å². The molecule has 1 atom stereocenters. The van der Waals surface area contributed by atoms with Crippen LogP contribution in [0.15, 0.2) is 35.9 Å². The molecule has 0 N–H and O–H groups in total. The average molecular weight is 201 g/mol. The molecule has 0 bridgehead atoms. The Morgan fingerprint density at radius 3 is 2.40 bits per heavy atom. The van der Waals surface area contributed by atoms with Crippen molar-refractivity contribution in [1.82, 2.24) is 0 Å². The van der Waals surface area contributed by atoms with Gasteiger partial charge in [-0.2, -0.15) is 5.26 Å². The maximum absolute atomic E-state index is 8.92. The Morgan fingerprint density at radius 2 is 2.00 bits per heavy atom. The minimum atomic E-state index is 0.144. The summed E-state index contributed by atoms with van der Waals surface area (Å²) in [5.41, 5.74) is 1.92. The highest BCUT2D eigenvalue weighted by Crippen LogP contribution is 2.24. The lowest BCUT2D eigenvalue weighted by molar-refractivity contribution is 0.414.